The zero-order valence-electron chi connectivity index (χ0n) is 18.1. The Morgan fingerprint density at radius 2 is 2.04 bits per heavy atom. The van der Waals surface area contributed by atoms with Crippen LogP contribution in [0.15, 0.2) is 55.3 Å². The second kappa shape index (κ2) is 9.41. The van der Waals surface area contributed by atoms with Gasteiger partial charge < -0.3 is 9.47 Å². The molecule has 0 spiro atoms. The first kappa shape index (κ1) is 21.5. The quantitative estimate of drug-likeness (QED) is 0.422. The van der Waals surface area contributed by atoms with Crippen molar-refractivity contribution in [1.82, 2.24) is 9.47 Å². The van der Waals surface area contributed by atoms with Gasteiger partial charge in [0, 0.05) is 19.3 Å². The minimum Gasteiger partial charge on any atom is -0.346 e. The highest BCUT2D eigenvalue weighted by Crippen LogP contribution is 2.42. The fourth-order valence-corrected chi connectivity index (χ4v) is 4.06. The Kier molecular flexibility index (Phi) is 7.49. The van der Waals surface area contributed by atoms with Crippen LogP contribution in [-0.2, 0) is 13.0 Å². The number of para-hydroxylation sites is 1. The van der Waals surface area contributed by atoms with Gasteiger partial charge in [0.15, 0.2) is 0 Å². The van der Waals surface area contributed by atoms with Crippen LogP contribution < -0.4 is 0 Å². The summed E-state index contributed by atoms with van der Waals surface area (Å²) in [5, 5.41) is 1.33. The molecule has 1 unspecified atom stereocenters. The minimum atomic E-state index is 0.0982. The standard InChI is InChI=1S/C25H38N2/c1-8-10-15-25(5,20(3)4)23(9-2)19-22-13-11-12-21-14-16-27(24(21)22)18-17-26(6)7/h9,11-14,16,23H,2-3,8,10,15,17-19H2,1,4-7H3/t23-,25?/m0/s1. The number of nitrogens with zero attached hydrogens (tertiary/aromatic N) is 2. The molecule has 148 valence electrons. The number of allylic oxidation sites excluding steroid dienone is 2. The lowest BCUT2D eigenvalue weighted by Gasteiger charge is -2.37. The predicted octanol–water partition coefficient (Wildman–Crippen LogP) is 6.32. The molecule has 1 aromatic heterocycles. The fourth-order valence-electron chi connectivity index (χ4n) is 4.06. The van der Waals surface area contributed by atoms with E-state index in [1.54, 1.807) is 0 Å². The average Bonchev–Trinajstić information content (AvgIpc) is 3.06. The van der Waals surface area contributed by atoms with Gasteiger partial charge in [-0.3, -0.25) is 0 Å². The van der Waals surface area contributed by atoms with Crippen molar-refractivity contribution >= 4 is 10.9 Å². The smallest absolute Gasteiger partial charge is 0.0513 e. The summed E-state index contributed by atoms with van der Waals surface area (Å²) in [6.07, 6.45) is 9.03. The Bertz CT molecular complexity index is 768. The van der Waals surface area contributed by atoms with E-state index in [1.165, 1.54) is 41.3 Å². The van der Waals surface area contributed by atoms with Crippen LogP contribution in [0, 0.1) is 11.3 Å². The first-order valence-corrected chi connectivity index (χ1v) is 10.3. The summed E-state index contributed by atoms with van der Waals surface area (Å²) in [5.41, 5.74) is 4.17. The second-order valence-electron chi connectivity index (χ2n) is 8.52. The van der Waals surface area contributed by atoms with Crippen molar-refractivity contribution in [3.63, 3.8) is 0 Å². The Hall–Kier alpha value is -1.80. The molecule has 0 aliphatic heterocycles. The molecular formula is C25H38N2. The van der Waals surface area contributed by atoms with Crippen molar-refractivity contribution in [2.45, 2.75) is 53.0 Å². The van der Waals surface area contributed by atoms with Gasteiger partial charge in [0.25, 0.3) is 0 Å². The van der Waals surface area contributed by atoms with E-state index in [9.17, 15) is 0 Å². The third kappa shape index (κ3) is 4.93. The molecule has 0 aliphatic carbocycles. The molecule has 2 rings (SSSR count). The van der Waals surface area contributed by atoms with E-state index < -0.39 is 0 Å². The zero-order valence-corrected chi connectivity index (χ0v) is 18.1. The van der Waals surface area contributed by atoms with Crippen LogP contribution in [0.25, 0.3) is 10.9 Å². The van der Waals surface area contributed by atoms with Crippen molar-refractivity contribution in [1.29, 1.82) is 0 Å². The van der Waals surface area contributed by atoms with E-state index in [1.807, 2.05) is 0 Å². The monoisotopic (exact) mass is 366 g/mol. The van der Waals surface area contributed by atoms with Crippen LogP contribution in [0.5, 0.6) is 0 Å². The Labute approximate surface area is 166 Å². The topological polar surface area (TPSA) is 8.17 Å². The number of aromatic nitrogens is 1. The molecule has 2 atom stereocenters. The summed E-state index contributed by atoms with van der Waals surface area (Å²) >= 11 is 0. The number of likely N-dealkylation sites (N-methyl/N-ethyl adjacent to an activating group) is 1. The molecule has 0 aliphatic rings. The van der Waals surface area contributed by atoms with E-state index >= 15 is 0 Å². The molecule has 0 bridgehead atoms. The van der Waals surface area contributed by atoms with Gasteiger partial charge in [0.05, 0.1) is 5.52 Å². The summed E-state index contributed by atoms with van der Waals surface area (Å²) < 4.78 is 2.41. The number of hydrogen-bond acceptors (Lipinski definition) is 1. The van der Waals surface area contributed by atoms with Crippen LogP contribution in [0.4, 0.5) is 0 Å². The van der Waals surface area contributed by atoms with Gasteiger partial charge in [-0.1, -0.05) is 63.1 Å². The molecule has 27 heavy (non-hydrogen) atoms. The number of benzene rings is 1. The molecule has 2 nitrogen and oxygen atoms in total. The maximum absolute atomic E-state index is 4.35. The zero-order chi connectivity index (χ0) is 20.0. The van der Waals surface area contributed by atoms with Crippen LogP contribution in [0.2, 0.25) is 0 Å². The molecule has 0 saturated heterocycles. The van der Waals surface area contributed by atoms with E-state index in [4.69, 9.17) is 0 Å². The number of unbranched alkanes of at least 4 members (excludes halogenated alkanes) is 1. The van der Waals surface area contributed by atoms with Crippen LogP contribution in [-0.4, -0.2) is 30.1 Å². The van der Waals surface area contributed by atoms with Gasteiger partial charge in [0.2, 0.25) is 0 Å². The lowest BCUT2D eigenvalue weighted by Crippen LogP contribution is -2.29. The summed E-state index contributed by atoms with van der Waals surface area (Å²) in [5.74, 6) is 0.393. The third-order valence-electron chi connectivity index (χ3n) is 6.23. The second-order valence-corrected chi connectivity index (χ2v) is 8.52. The normalized spacial score (nSPS) is 15.0. The SMILES string of the molecule is C=C[C@@H](Cc1cccc2ccn(CCN(C)C)c12)C(C)(CCCC)C(=C)C. The lowest BCUT2D eigenvalue weighted by molar-refractivity contribution is 0.256. The highest BCUT2D eigenvalue weighted by molar-refractivity contribution is 5.83. The Balaban J connectivity index is 2.38. The summed E-state index contributed by atoms with van der Waals surface area (Å²) in [6, 6.07) is 8.96. The molecule has 0 saturated carbocycles. The number of fused-ring (bicyclic) bond motifs is 1. The van der Waals surface area contributed by atoms with Gasteiger partial charge >= 0.3 is 0 Å². The number of hydrogen-bond donors (Lipinski definition) is 0. The van der Waals surface area contributed by atoms with Crippen LogP contribution >= 0.6 is 0 Å². The molecule has 2 heteroatoms. The van der Waals surface area contributed by atoms with E-state index in [-0.39, 0.29) is 5.41 Å². The minimum absolute atomic E-state index is 0.0982. The largest absolute Gasteiger partial charge is 0.346 e. The van der Waals surface area contributed by atoms with Gasteiger partial charge in [0.1, 0.15) is 0 Å². The van der Waals surface area contributed by atoms with Crippen molar-refractivity contribution in [2.24, 2.45) is 11.3 Å². The van der Waals surface area contributed by atoms with E-state index in [0.29, 0.717) is 5.92 Å². The van der Waals surface area contributed by atoms with Gasteiger partial charge in [-0.05, 0) is 62.2 Å². The maximum atomic E-state index is 4.35. The molecule has 2 aromatic rings. The maximum Gasteiger partial charge on any atom is 0.0513 e. The average molecular weight is 367 g/mol. The number of rotatable bonds is 11. The molecular weight excluding hydrogens is 328 g/mol. The summed E-state index contributed by atoms with van der Waals surface area (Å²) in [7, 11) is 4.26. The Morgan fingerprint density at radius 1 is 1.30 bits per heavy atom. The first-order chi connectivity index (χ1) is 12.8. The van der Waals surface area contributed by atoms with Crippen molar-refractivity contribution in [2.75, 3.05) is 20.6 Å². The molecule has 1 heterocycles. The molecule has 1 aromatic carbocycles. The molecule has 0 radical (unpaired) electrons. The summed E-state index contributed by atoms with van der Waals surface area (Å²) in [6.45, 7) is 17.4. The van der Waals surface area contributed by atoms with Gasteiger partial charge in [-0.15, -0.1) is 6.58 Å². The van der Waals surface area contributed by atoms with Gasteiger partial charge in [-0.2, -0.15) is 0 Å². The van der Waals surface area contributed by atoms with E-state index in [2.05, 4.69) is 94.0 Å². The highest BCUT2D eigenvalue weighted by Gasteiger charge is 2.33. The third-order valence-corrected chi connectivity index (χ3v) is 6.23. The lowest BCUT2D eigenvalue weighted by atomic mass is 9.67. The highest BCUT2D eigenvalue weighted by atomic mass is 15.1. The first-order valence-electron chi connectivity index (χ1n) is 10.3. The summed E-state index contributed by atoms with van der Waals surface area (Å²) in [4.78, 5) is 2.24. The van der Waals surface area contributed by atoms with Crippen LogP contribution in [0.3, 0.4) is 0 Å². The van der Waals surface area contributed by atoms with E-state index in [0.717, 1.165) is 19.5 Å². The predicted molar refractivity (Wildman–Crippen MR) is 120 cm³/mol. The van der Waals surface area contributed by atoms with Crippen molar-refractivity contribution < 1.29 is 0 Å². The molecule has 0 N–H and O–H groups in total. The van der Waals surface area contributed by atoms with Gasteiger partial charge in [-0.25, -0.2) is 0 Å². The van der Waals surface area contributed by atoms with Crippen molar-refractivity contribution in [3.05, 3.63) is 60.8 Å². The van der Waals surface area contributed by atoms with Crippen molar-refractivity contribution in [3.8, 4) is 0 Å². The molecule has 0 amide bonds. The molecule has 0 fully saturated rings. The fraction of sp³-hybridized carbons (Fsp3) is 0.520. The van der Waals surface area contributed by atoms with Crippen LogP contribution in [0.1, 0.15) is 45.6 Å². The Morgan fingerprint density at radius 3 is 2.63 bits per heavy atom.